The van der Waals surface area contributed by atoms with Gasteiger partial charge in [-0.25, -0.2) is 0 Å². The summed E-state index contributed by atoms with van der Waals surface area (Å²) in [4.78, 5) is 0. The first-order valence-corrected chi connectivity index (χ1v) is 6.56. The molecule has 0 saturated heterocycles. The van der Waals surface area contributed by atoms with Crippen molar-refractivity contribution in [1.29, 1.82) is 0 Å². The van der Waals surface area contributed by atoms with Crippen LogP contribution >= 0.6 is 11.8 Å². The maximum atomic E-state index is 5.72. The molecule has 0 aliphatic rings. The number of aromatic nitrogens is 3. The van der Waals surface area contributed by atoms with E-state index in [2.05, 4.69) is 41.4 Å². The Bertz CT molecular complexity index is 507. The number of hydrogen-bond donors (Lipinski definition) is 1. The van der Waals surface area contributed by atoms with E-state index in [1.165, 1.54) is 11.1 Å². The lowest BCUT2D eigenvalue weighted by Gasteiger charge is -2.04. The van der Waals surface area contributed by atoms with Crippen LogP contribution in [0.1, 0.15) is 18.1 Å². The Morgan fingerprint density at radius 3 is 2.88 bits per heavy atom. The molecule has 2 rings (SSSR count). The van der Waals surface area contributed by atoms with Gasteiger partial charge < -0.3 is 5.73 Å². The fourth-order valence-corrected chi connectivity index (χ4v) is 2.61. The smallest absolute Gasteiger partial charge is 0.222 e. The van der Waals surface area contributed by atoms with Crippen molar-refractivity contribution in [1.82, 2.24) is 14.8 Å². The van der Waals surface area contributed by atoms with E-state index in [1.807, 2.05) is 11.5 Å². The largest absolute Gasteiger partial charge is 0.368 e. The molecule has 90 valence electrons. The average Bonchev–Trinajstić information content (AvgIpc) is 2.67. The molecule has 0 unspecified atom stereocenters. The molecule has 1 aromatic carbocycles. The number of rotatable bonds is 4. The highest BCUT2D eigenvalue weighted by Crippen LogP contribution is 2.22. The van der Waals surface area contributed by atoms with Crippen molar-refractivity contribution in [3.05, 3.63) is 35.4 Å². The van der Waals surface area contributed by atoms with Gasteiger partial charge in [0.2, 0.25) is 5.95 Å². The van der Waals surface area contributed by atoms with Crippen LogP contribution in [0.4, 0.5) is 5.95 Å². The number of nitrogen functional groups attached to an aromatic ring is 1. The Balaban J connectivity index is 2.07. The van der Waals surface area contributed by atoms with Gasteiger partial charge in [0.1, 0.15) is 0 Å². The second-order valence-corrected chi connectivity index (χ2v) is 4.81. The molecule has 0 bridgehead atoms. The van der Waals surface area contributed by atoms with Crippen LogP contribution in [-0.4, -0.2) is 14.8 Å². The van der Waals surface area contributed by atoms with Gasteiger partial charge in [0.25, 0.3) is 0 Å². The van der Waals surface area contributed by atoms with Crippen LogP contribution in [0, 0.1) is 6.92 Å². The van der Waals surface area contributed by atoms with Gasteiger partial charge in [0.05, 0.1) is 0 Å². The van der Waals surface area contributed by atoms with Gasteiger partial charge >= 0.3 is 0 Å². The van der Waals surface area contributed by atoms with E-state index in [9.17, 15) is 0 Å². The molecule has 5 heteroatoms. The van der Waals surface area contributed by atoms with Crippen LogP contribution in [0.2, 0.25) is 0 Å². The van der Waals surface area contributed by atoms with Gasteiger partial charge in [-0.15, -0.1) is 10.2 Å². The van der Waals surface area contributed by atoms with Crippen molar-refractivity contribution >= 4 is 17.7 Å². The van der Waals surface area contributed by atoms with Crippen LogP contribution in [0.3, 0.4) is 0 Å². The van der Waals surface area contributed by atoms with Crippen molar-refractivity contribution in [2.45, 2.75) is 31.3 Å². The van der Waals surface area contributed by atoms with E-state index in [-0.39, 0.29) is 0 Å². The Morgan fingerprint density at radius 1 is 1.35 bits per heavy atom. The summed E-state index contributed by atoms with van der Waals surface area (Å²) in [7, 11) is 0. The van der Waals surface area contributed by atoms with Crippen LogP contribution < -0.4 is 5.73 Å². The molecule has 0 aliphatic heterocycles. The lowest BCUT2D eigenvalue weighted by molar-refractivity contribution is 0.689. The molecule has 0 radical (unpaired) electrons. The van der Waals surface area contributed by atoms with Gasteiger partial charge in [0, 0.05) is 12.3 Å². The number of anilines is 1. The molecule has 2 aromatic rings. The fourth-order valence-electron chi connectivity index (χ4n) is 1.65. The molecule has 0 spiro atoms. The van der Waals surface area contributed by atoms with Crippen molar-refractivity contribution in [2.24, 2.45) is 0 Å². The van der Waals surface area contributed by atoms with Crippen molar-refractivity contribution in [3.8, 4) is 0 Å². The zero-order chi connectivity index (χ0) is 12.3. The third-order valence-corrected chi connectivity index (χ3v) is 3.55. The number of nitrogens with two attached hydrogens (primary N) is 1. The van der Waals surface area contributed by atoms with E-state index in [1.54, 1.807) is 11.8 Å². The molecular formula is C12H16N4S. The summed E-state index contributed by atoms with van der Waals surface area (Å²) in [6, 6.07) is 8.48. The van der Waals surface area contributed by atoms with E-state index in [0.717, 1.165) is 17.5 Å². The summed E-state index contributed by atoms with van der Waals surface area (Å²) in [5, 5.41) is 8.84. The minimum atomic E-state index is 0.485. The van der Waals surface area contributed by atoms with Gasteiger partial charge in [-0.3, -0.25) is 4.57 Å². The highest BCUT2D eigenvalue weighted by atomic mass is 32.2. The summed E-state index contributed by atoms with van der Waals surface area (Å²) in [6.45, 7) is 4.94. The quantitative estimate of drug-likeness (QED) is 0.845. The van der Waals surface area contributed by atoms with Gasteiger partial charge in [-0.1, -0.05) is 41.6 Å². The normalized spacial score (nSPS) is 10.7. The predicted molar refractivity (Wildman–Crippen MR) is 70.8 cm³/mol. The Kier molecular flexibility index (Phi) is 3.68. The van der Waals surface area contributed by atoms with E-state index in [0.29, 0.717) is 5.95 Å². The molecule has 0 fully saturated rings. The highest BCUT2D eigenvalue weighted by Gasteiger charge is 2.08. The standard InChI is InChI=1S/C12H16N4S/c1-3-16-11(13)14-15-12(16)17-8-10-6-4-5-9(2)7-10/h4-7H,3,8H2,1-2H3,(H2,13,14). The van der Waals surface area contributed by atoms with E-state index in [4.69, 9.17) is 5.73 Å². The average molecular weight is 248 g/mol. The number of thioether (sulfide) groups is 1. The number of aryl methyl sites for hydroxylation is 1. The SMILES string of the molecule is CCn1c(N)nnc1SCc1cccc(C)c1. The predicted octanol–water partition coefficient (Wildman–Crippen LogP) is 2.48. The van der Waals surface area contributed by atoms with Crippen LogP contribution in [0.25, 0.3) is 0 Å². The summed E-state index contributed by atoms with van der Waals surface area (Å²) in [6.07, 6.45) is 0. The third-order valence-electron chi connectivity index (χ3n) is 2.51. The highest BCUT2D eigenvalue weighted by molar-refractivity contribution is 7.98. The molecule has 2 N–H and O–H groups in total. The maximum Gasteiger partial charge on any atom is 0.222 e. The van der Waals surface area contributed by atoms with Crippen molar-refractivity contribution < 1.29 is 0 Å². The molecular weight excluding hydrogens is 232 g/mol. The summed E-state index contributed by atoms with van der Waals surface area (Å²) >= 11 is 1.66. The fraction of sp³-hybridized carbons (Fsp3) is 0.333. The topological polar surface area (TPSA) is 56.7 Å². The number of nitrogens with zero attached hydrogens (tertiary/aromatic N) is 3. The minimum Gasteiger partial charge on any atom is -0.368 e. The second-order valence-electron chi connectivity index (χ2n) is 3.86. The number of hydrogen-bond acceptors (Lipinski definition) is 4. The van der Waals surface area contributed by atoms with Crippen LogP contribution in [0.5, 0.6) is 0 Å². The zero-order valence-electron chi connectivity index (χ0n) is 10.1. The molecule has 1 heterocycles. The van der Waals surface area contributed by atoms with Crippen LogP contribution in [-0.2, 0) is 12.3 Å². The Labute approximate surface area is 105 Å². The number of benzene rings is 1. The first kappa shape index (κ1) is 12.0. The summed E-state index contributed by atoms with van der Waals surface area (Å²) in [5.74, 6) is 1.37. The Morgan fingerprint density at radius 2 is 2.18 bits per heavy atom. The lowest BCUT2D eigenvalue weighted by atomic mass is 10.2. The first-order chi connectivity index (χ1) is 8.20. The first-order valence-electron chi connectivity index (χ1n) is 5.57. The molecule has 0 saturated carbocycles. The molecule has 4 nitrogen and oxygen atoms in total. The minimum absolute atomic E-state index is 0.485. The summed E-state index contributed by atoms with van der Waals surface area (Å²) < 4.78 is 1.92. The summed E-state index contributed by atoms with van der Waals surface area (Å²) in [5.41, 5.74) is 8.29. The molecule has 1 aromatic heterocycles. The van der Waals surface area contributed by atoms with Gasteiger partial charge in [-0.05, 0) is 19.4 Å². The van der Waals surface area contributed by atoms with Gasteiger partial charge in [0.15, 0.2) is 5.16 Å². The van der Waals surface area contributed by atoms with Crippen molar-refractivity contribution in [3.63, 3.8) is 0 Å². The van der Waals surface area contributed by atoms with Crippen LogP contribution in [0.15, 0.2) is 29.4 Å². The zero-order valence-corrected chi connectivity index (χ0v) is 10.9. The van der Waals surface area contributed by atoms with E-state index >= 15 is 0 Å². The lowest BCUT2D eigenvalue weighted by Crippen LogP contribution is -2.02. The van der Waals surface area contributed by atoms with Crippen molar-refractivity contribution in [2.75, 3.05) is 5.73 Å². The third kappa shape index (κ3) is 2.79. The monoisotopic (exact) mass is 248 g/mol. The Hall–Kier alpha value is -1.49. The maximum absolute atomic E-state index is 5.72. The second kappa shape index (κ2) is 5.23. The molecule has 0 atom stereocenters. The van der Waals surface area contributed by atoms with E-state index < -0.39 is 0 Å². The molecule has 0 aliphatic carbocycles. The van der Waals surface area contributed by atoms with Gasteiger partial charge in [-0.2, -0.15) is 0 Å². The molecule has 0 amide bonds. The molecule has 17 heavy (non-hydrogen) atoms.